The lowest BCUT2D eigenvalue weighted by Crippen LogP contribution is -2.20. The summed E-state index contributed by atoms with van der Waals surface area (Å²) >= 11 is 7.67. The molecule has 0 bridgehead atoms. The molecule has 0 fully saturated rings. The number of aryl methyl sites for hydroxylation is 1. The molecule has 110 valence electrons. The van der Waals surface area contributed by atoms with E-state index in [0.717, 1.165) is 10.5 Å². The molecule has 21 heavy (non-hydrogen) atoms. The molecular weight excluding hydrogens is 306 g/mol. The Morgan fingerprint density at radius 2 is 1.95 bits per heavy atom. The standard InChI is InChI=1S/C16H16ClNO2S/c1-11-3-4-12(9-15(11)17)18-16(19)10-20-13-5-7-14(21-2)8-6-13/h3-9H,10H2,1-2H3,(H,18,19). The van der Waals surface area contributed by atoms with Gasteiger partial charge >= 0.3 is 0 Å². The van der Waals surface area contributed by atoms with Crippen LogP contribution in [0, 0.1) is 6.92 Å². The minimum atomic E-state index is -0.219. The number of hydrogen-bond acceptors (Lipinski definition) is 3. The molecule has 2 aromatic rings. The van der Waals surface area contributed by atoms with Crippen LogP contribution in [0.4, 0.5) is 5.69 Å². The average Bonchev–Trinajstić information content (AvgIpc) is 2.49. The normalized spacial score (nSPS) is 10.2. The molecule has 0 aliphatic carbocycles. The van der Waals surface area contributed by atoms with Crippen molar-refractivity contribution >= 4 is 35.0 Å². The highest BCUT2D eigenvalue weighted by Gasteiger charge is 2.05. The van der Waals surface area contributed by atoms with E-state index in [1.807, 2.05) is 49.6 Å². The van der Waals surface area contributed by atoms with Gasteiger partial charge in [0.2, 0.25) is 0 Å². The number of anilines is 1. The van der Waals surface area contributed by atoms with Crippen LogP contribution in [0.25, 0.3) is 0 Å². The van der Waals surface area contributed by atoms with E-state index in [2.05, 4.69) is 5.32 Å². The Labute approximate surface area is 133 Å². The summed E-state index contributed by atoms with van der Waals surface area (Å²) in [5.74, 6) is 0.453. The lowest BCUT2D eigenvalue weighted by Gasteiger charge is -2.09. The summed E-state index contributed by atoms with van der Waals surface area (Å²) in [5.41, 5.74) is 1.64. The first-order valence-electron chi connectivity index (χ1n) is 6.41. The summed E-state index contributed by atoms with van der Waals surface area (Å²) in [6.07, 6.45) is 2.01. The number of thioether (sulfide) groups is 1. The number of halogens is 1. The molecule has 0 saturated carbocycles. The zero-order valence-corrected chi connectivity index (χ0v) is 13.4. The first-order chi connectivity index (χ1) is 10.1. The molecule has 0 radical (unpaired) electrons. The molecule has 0 heterocycles. The van der Waals surface area contributed by atoms with Gasteiger partial charge in [0.1, 0.15) is 5.75 Å². The summed E-state index contributed by atoms with van der Waals surface area (Å²) in [7, 11) is 0. The maximum atomic E-state index is 11.8. The van der Waals surface area contributed by atoms with Gasteiger partial charge in [0.25, 0.3) is 5.91 Å². The van der Waals surface area contributed by atoms with E-state index in [1.54, 1.807) is 17.8 Å². The van der Waals surface area contributed by atoms with Crippen LogP contribution in [0.2, 0.25) is 5.02 Å². The van der Waals surface area contributed by atoms with Crippen molar-refractivity contribution in [2.24, 2.45) is 0 Å². The van der Waals surface area contributed by atoms with Crippen molar-refractivity contribution in [1.82, 2.24) is 0 Å². The molecule has 0 spiro atoms. The Hall–Kier alpha value is -1.65. The molecule has 3 nitrogen and oxygen atoms in total. The fraction of sp³-hybridized carbons (Fsp3) is 0.188. The highest BCUT2D eigenvalue weighted by Crippen LogP contribution is 2.20. The topological polar surface area (TPSA) is 38.3 Å². The van der Waals surface area contributed by atoms with E-state index in [4.69, 9.17) is 16.3 Å². The highest BCUT2D eigenvalue weighted by atomic mass is 35.5. The maximum absolute atomic E-state index is 11.8. The van der Waals surface area contributed by atoms with Crippen LogP contribution in [0.1, 0.15) is 5.56 Å². The molecule has 0 aliphatic heterocycles. The van der Waals surface area contributed by atoms with Gasteiger partial charge < -0.3 is 10.1 Å². The molecule has 1 amide bonds. The Morgan fingerprint density at radius 1 is 1.24 bits per heavy atom. The summed E-state index contributed by atoms with van der Waals surface area (Å²) in [6.45, 7) is 1.87. The Balaban J connectivity index is 1.87. The molecule has 2 aromatic carbocycles. The third kappa shape index (κ3) is 4.69. The second-order valence-electron chi connectivity index (χ2n) is 4.48. The molecule has 0 saturated heterocycles. The van der Waals surface area contributed by atoms with E-state index in [-0.39, 0.29) is 12.5 Å². The average molecular weight is 322 g/mol. The molecule has 2 rings (SSSR count). The zero-order chi connectivity index (χ0) is 15.2. The smallest absolute Gasteiger partial charge is 0.262 e. The van der Waals surface area contributed by atoms with Crippen molar-refractivity contribution < 1.29 is 9.53 Å². The lowest BCUT2D eigenvalue weighted by atomic mass is 10.2. The first kappa shape index (κ1) is 15.7. The largest absolute Gasteiger partial charge is 0.484 e. The molecule has 0 atom stereocenters. The molecule has 0 aromatic heterocycles. The second-order valence-corrected chi connectivity index (χ2v) is 5.76. The SMILES string of the molecule is CSc1ccc(OCC(=O)Nc2ccc(C)c(Cl)c2)cc1. The van der Waals surface area contributed by atoms with Crippen LogP contribution in [0.5, 0.6) is 5.75 Å². The van der Waals surface area contributed by atoms with Crippen molar-refractivity contribution in [3.63, 3.8) is 0 Å². The molecule has 0 aliphatic rings. The number of carbonyl (C=O) groups is 1. The van der Waals surface area contributed by atoms with Gasteiger partial charge in [-0.2, -0.15) is 0 Å². The van der Waals surface area contributed by atoms with Crippen molar-refractivity contribution in [3.05, 3.63) is 53.1 Å². The number of amides is 1. The highest BCUT2D eigenvalue weighted by molar-refractivity contribution is 7.98. The third-order valence-electron chi connectivity index (χ3n) is 2.88. The minimum absolute atomic E-state index is 0.0376. The van der Waals surface area contributed by atoms with Gasteiger partial charge in [0, 0.05) is 15.6 Å². The molecule has 0 unspecified atom stereocenters. The second kappa shape index (κ2) is 7.38. The quantitative estimate of drug-likeness (QED) is 0.830. The van der Waals surface area contributed by atoms with Crippen LogP contribution >= 0.6 is 23.4 Å². The zero-order valence-electron chi connectivity index (χ0n) is 11.9. The van der Waals surface area contributed by atoms with Crippen LogP contribution in [0.3, 0.4) is 0 Å². The summed E-state index contributed by atoms with van der Waals surface area (Å²) < 4.78 is 5.44. The monoisotopic (exact) mass is 321 g/mol. The third-order valence-corrected chi connectivity index (χ3v) is 4.04. The van der Waals surface area contributed by atoms with Gasteiger partial charge in [-0.1, -0.05) is 17.7 Å². The first-order valence-corrected chi connectivity index (χ1v) is 8.01. The van der Waals surface area contributed by atoms with Crippen molar-refractivity contribution in [2.75, 3.05) is 18.2 Å². The van der Waals surface area contributed by atoms with Gasteiger partial charge in [-0.15, -0.1) is 11.8 Å². The van der Waals surface area contributed by atoms with Gasteiger partial charge in [-0.05, 0) is 55.1 Å². The molecule has 1 N–H and O–H groups in total. The number of nitrogens with one attached hydrogen (secondary N) is 1. The number of carbonyl (C=O) groups excluding carboxylic acids is 1. The van der Waals surface area contributed by atoms with Crippen molar-refractivity contribution in [3.8, 4) is 5.75 Å². The maximum Gasteiger partial charge on any atom is 0.262 e. The van der Waals surface area contributed by atoms with Crippen LogP contribution < -0.4 is 10.1 Å². The predicted molar refractivity (Wildman–Crippen MR) is 88.5 cm³/mol. The number of rotatable bonds is 5. The van der Waals surface area contributed by atoms with Crippen LogP contribution in [0.15, 0.2) is 47.4 Å². The van der Waals surface area contributed by atoms with Crippen LogP contribution in [-0.2, 0) is 4.79 Å². The van der Waals surface area contributed by atoms with Gasteiger partial charge in [0.05, 0.1) is 0 Å². The number of ether oxygens (including phenoxy) is 1. The van der Waals surface area contributed by atoms with Gasteiger partial charge in [-0.25, -0.2) is 0 Å². The Kier molecular flexibility index (Phi) is 5.53. The Morgan fingerprint density at radius 3 is 2.57 bits per heavy atom. The lowest BCUT2D eigenvalue weighted by molar-refractivity contribution is -0.118. The summed E-state index contributed by atoms with van der Waals surface area (Å²) in [4.78, 5) is 13.0. The van der Waals surface area contributed by atoms with Crippen molar-refractivity contribution in [1.29, 1.82) is 0 Å². The van der Waals surface area contributed by atoms with E-state index in [9.17, 15) is 4.79 Å². The van der Waals surface area contributed by atoms with Crippen molar-refractivity contribution in [2.45, 2.75) is 11.8 Å². The van der Waals surface area contributed by atoms with E-state index >= 15 is 0 Å². The minimum Gasteiger partial charge on any atom is -0.484 e. The van der Waals surface area contributed by atoms with Gasteiger partial charge in [-0.3, -0.25) is 4.79 Å². The molecular formula is C16H16ClNO2S. The summed E-state index contributed by atoms with van der Waals surface area (Å²) in [6, 6.07) is 13.0. The van der Waals surface area contributed by atoms with E-state index < -0.39 is 0 Å². The fourth-order valence-electron chi connectivity index (χ4n) is 1.69. The van der Waals surface area contributed by atoms with E-state index in [1.165, 1.54) is 0 Å². The van der Waals surface area contributed by atoms with Crippen LogP contribution in [-0.4, -0.2) is 18.8 Å². The Bertz CT molecular complexity index is 629. The predicted octanol–water partition coefficient (Wildman–Crippen LogP) is 4.39. The fourth-order valence-corrected chi connectivity index (χ4v) is 2.28. The number of hydrogen-bond donors (Lipinski definition) is 1. The number of benzene rings is 2. The van der Waals surface area contributed by atoms with Gasteiger partial charge in [0.15, 0.2) is 6.61 Å². The summed E-state index contributed by atoms with van der Waals surface area (Å²) in [5, 5.41) is 3.38. The van der Waals surface area contributed by atoms with E-state index in [0.29, 0.717) is 16.5 Å². The molecule has 5 heteroatoms.